The molecule has 3 rings (SSSR count). The lowest BCUT2D eigenvalue weighted by Gasteiger charge is -2.32. The second-order valence-electron chi connectivity index (χ2n) is 16.8. The molecule has 2 aromatic carbocycles. The molecule has 0 aliphatic heterocycles. The van der Waals surface area contributed by atoms with Crippen molar-refractivity contribution in [3.05, 3.63) is 77.4 Å². The Morgan fingerprint density at radius 3 is 1.72 bits per heavy atom. The summed E-state index contributed by atoms with van der Waals surface area (Å²) in [5.74, 6) is -4.78. The van der Waals surface area contributed by atoms with Crippen LogP contribution < -0.4 is 4.74 Å². The van der Waals surface area contributed by atoms with Gasteiger partial charge in [0, 0.05) is 11.1 Å². The average molecular weight is 891 g/mol. The first-order valence-corrected chi connectivity index (χ1v) is 22.9. The van der Waals surface area contributed by atoms with Crippen LogP contribution in [0.25, 0.3) is 11.1 Å². The third kappa shape index (κ3) is 17.3. The van der Waals surface area contributed by atoms with E-state index in [0.717, 1.165) is 29.0 Å². The molecule has 13 nitrogen and oxygen atoms in total. The standard InChI is InChI=1S/C51H70O13/c1-9-13-14-15-16-18-37-20-22-39(23-21-37)40-24-26-43(38(10-2)29-40)41-25-27-44(42(30-41)19-17-28-60-45(52)35(5)6)61-31-51(32-62-46(53)36(7)8,33-63-49(56)47(54)58-11-3)34-64-50(57)48(55)59-12-4/h24-27,29-30,37,39H,5,7,9-23,28,31-34H2,1-4,6,8H3. The topological polar surface area (TPSA) is 167 Å². The number of aryl methyl sites for hydroxylation is 2. The van der Waals surface area contributed by atoms with Crippen LogP contribution in [0, 0.1) is 11.3 Å². The van der Waals surface area contributed by atoms with Crippen molar-refractivity contribution in [2.75, 3.05) is 46.2 Å². The normalized spacial score (nSPS) is 14.7. The molecule has 1 aliphatic carbocycles. The van der Waals surface area contributed by atoms with Gasteiger partial charge in [-0.1, -0.05) is 89.8 Å². The van der Waals surface area contributed by atoms with Gasteiger partial charge in [-0.15, -0.1) is 0 Å². The van der Waals surface area contributed by atoms with Crippen molar-refractivity contribution in [3.63, 3.8) is 0 Å². The van der Waals surface area contributed by atoms with Crippen LogP contribution >= 0.6 is 0 Å². The van der Waals surface area contributed by atoms with Gasteiger partial charge in [-0.05, 0) is 124 Å². The van der Waals surface area contributed by atoms with Crippen LogP contribution in [0.1, 0.15) is 135 Å². The van der Waals surface area contributed by atoms with Gasteiger partial charge in [-0.2, -0.15) is 0 Å². The van der Waals surface area contributed by atoms with Crippen molar-refractivity contribution < 1.29 is 61.9 Å². The summed E-state index contributed by atoms with van der Waals surface area (Å²) in [6, 6.07) is 12.5. The number of hydrogen-bond donors (Lipinski definition) is 0. The fourth-order valence-electron chi connectivity index (χ4n) is 7.65. The molecule has 1 fully saturated rings. The first-order chi connectivity index (χ1) is 30.7. The van der Waals surface area contributed by atoms with E-state index in [1.807, 2.05) is 12.1 Å². The van der Waals surface area contributed by atoms with Crippen molar-refractivity contribution >= 4 is 35.8 Å². The minimum atomic E-state index is -1.67. The molecule has 0 atom stereocenters. The fraction of sp³-hybridized carbons (Fsp3) is 0.569. The Hall–Kier alpha value is -5.46. The van der Waals surface area contributed by atoms with Crippen molar-refractivity contribution in [1.82, 2.24) is 0 Å². The van der Waals surface area contributed by atoms with Crippen LogP contribution in [0.4, 0.5) is 0 Å². The number of hydrogen-bond acceptors (Lipinski definition) is 13. The Kier molecular flexibility index (Phi) is 22.9. The maximum Gasteiger partial charge on any atom is 0.417 e. The van der Waals surface area contributed by atoms with Gasteiger partial charge in [0.15, 0.2) is 0 Å². The van der Waals surface area contributed by atoms with E-state index in [9.17, 15) is 28.8 Å². The molecule has 0 spiro atoms. The van der Waals surface area contributed by atoms with Crippen molar-refractivity contribution in [1.29, 1.82) is 0 Å². The maximum atomic E-state index is 12.7. The summed E-state index contributed by atoms with van der Waals surface area (Å²) < 4.78 is 37.5. The molecule has 0 bridgehead atoms. The molecule has 0 N–H and O–H groups in total. The van der Waals surface area contributed by atoms with E-state index in [1.165, 1.54) is 96.1 Å². The smallest absolute Gasteiger partial charge is 0.417 e. The lowest BCUT2D eigenvalue weighted by molar-refractivity contribution is -0.178. The lowest BCUT2D eigenvalue weighted by Crippen LogP contribution is -2.45. The molecule has 64 heavy (non-hydrogen) atoms. The minimum Gasteiger partial charge on any atom is -0.492 e. The van der Waals surface area contributed by atoms with E-state index < -0.39 is 67.7 Å². The Morgan fingerprint density at radius 1 is 0.594 bits per heavy atom. The van der Waals surface area contributed by atoms with Crippen molar-refractivity contribution in [3.8, 4) is 16.9 Å². The number of carbonyl (C=O) groups is 6. The van der Waals surface area contributed by atoms with E-state index in [0.29, 0.717) is 24.5 Å². The first kappa shape index (κ1) is 52.9. The summed E-state index contributed by atoms with van der Waals surface area (Å²) in [5, 5.41) is 0. The largest absolute Gasteiger partial charge is 0.492 e. The molecule has 0 amide bonds. The van der Waals surface area contributed by atoms with Crippen LogP contribution in [0.15, 0.2) is 60.7 Å². The minimum absolute atomic E-state index is 0.0578. The van der Waals surface area contributed by atoms with Crippen molar-refractivity contribution in [2.45, 2.75) is 131 Å². The van der Waals surface area contributed by atoms with Gasteiger partial charge < -0.3 is 33.2 Å². The summed E-state index contributed by atoms with van der Waals surface area (Å²) in [6.45, 7) is 15.3. The number of carbonyl (C=O) groups excluding carboxylic acids is 6. The lowest BCUT2D eigenvalue weighted by atomic mass is 9.76. The van der Waals surface area contributed by atoms with E-state index >= 15 is 0 Å². The zero-order valence-electron chi connectivity index (χ0n) is 39.0. The zero-order valence-corrected chi connectivity index (χ0v) is 39.0. The summed E-state index contributed by atoms with van der Waals surface area (Å²) in [6.07, 6.45) is 14.5. The zero-order chi connectivity index (χ0) is 47.1. The van der Waals surface area contributed by atoms with Gasteiger partial charge in [-0.25, -0.2) is 28.8 Å². The molecule has 0 heterocycles. The monoisotopic (exact) mass is 890 g/mol. The molecule has 352 valence electrons. The predicted octanol–water partition coefficient (Wildman–Crippen LogP) is 9.30. The summed E-state index contributed by atoms with van der Waals surface area (Å²) in [7, 11) is 0. The summed E-state index contributed by atoms with van der Waals surface area (Å²) in [4.78, 5) is 74.6. The number of unbranched alkanes of at least 4 members (excludes halogenated alkanes) is 4. The molecule has 0 aromatic heterocycles. The first-order valence-electron chi connectivity index (χ1n) is 22.9. The highest BCUT2D eigenvalue weighted by molar-refractivity contribution is 6.30. The van der Waals surface area contributed by atoms with Gasteiger partial charge in [-0.3, -0.25) is 0 Å². The molecule has 0 saturated heterocycles. The van der Waals surface area contributed by atoms with Gasteiger partial charge >= 0.3 is 35.8 Å². The molecule has 0 unspecified atom stereocenters. The van der Waals surface area contributed by atoms with Crippen LogP contribution in [0.5, 0.6) is 5.75 Å². The highest BCUT2D eigenvalue weighted by atomic mass is 16.6. The molecular formula is C51H70O13. The highest BCUT2D eigenvalue weighted by Gasteiger charge is 2.39. The third-order valence-corrected chi connectivity index (χ3v) is 11.4. The average Bonchev–Trinajstić information content (AvgIpc) is 3.29. The van der Waals surface area contributed by atoms with Crippen LogP contribution in [0.3, 0.4) is 0 Å². The second-order valence-corrected chi connectivity index (χ2v) is 16.8. The molecule has 1 aliphatic rings. The Labute approximate surface area is 379 Å². The summed E-state index contributed by atoms with van der Waals surface area (Å²) in [5.41, 5.74) is 4.03. The fourth-order valence-corrected chi connectivity index (χ4v) is 7.65. The Bertz CT molecular complexity index is 1870. The van der Waals surface area contributed by atoms with Crippen LogP contribution in [-0.4, -0.2) is 82.1 Å². The predicted molar refractivity (Wildman–Crippen MR) is 242 cm³/mol. The molecular weight excluding hydrogens is 821 g/mol. The third-order valence-electron chi connectivity index (χ3n) is 11.4. The number of rotatable bonds is 26. The van der Waals surface area contributed by atoms with E-state index in [4.69, 9.17) is 33.2 Å². The van der Waals surface area contributed by atoms with Crippen LogP contribution in [0.2, 0.25) is 0 Å². The SMILES string of the molecule is C=C(C)C(=O)OCCCc1cc(-c2ccc(C3CCC(CCCCCCC)CC3)cc2CC)ccc1OCC(COC(=O)C(=C)C)(COC(=O)C(=O)OCC)COC(=O)C(=O)OCC. The van der Waals surface area contributed by atoms with Crippen LogP contribution in [-0.2, 0) is 70.0 Å². The molecule has 1 saturated carbocycles. The van der Waals surface area contributed by atoms with Gasteiger partial charge in [0.1, 0.15) is 37.6 Å². The highest BCUT2D eigenvalue weighted by Crippen LogP contribution is 2.40. The van der Waals surface area contributed by atoms with Gasteiger partial charge in [0.05, 0.1) is 19.8 Å². The summed E-state index contributed by atoms with van der Waals surface area (Å²) >= 11 is 0. The Morgan fingerprint density at radius 2 is 1.16 bits per heavy atom. The van der Waals surface area contributed by atoms with E-state index in [-0.39, 0.29) is 31.0 Å². The molecule has 13 heteroatoms. The van der Waals surface area contributed by atoms with Gasteiger partial charge in [0.2, 0.25) is 0 Å². The Balaban J connectivity index is 1.97. The van der Waals surface area contributed by atoms with E-state index in [1.54, 1.807) is 13.0 Å². The maximum absolute atomic E-state index is 12.7. The molecule has 0 radical (unpaired) electrons. The quantitative estimate of drug-likeness (QED) is 0.0289. The molecule has 2 aromatic rings. The van der Waals surface area contributed by atoms with E-state index in [2.05, 4.69) is 45.2 Å². The number of ether oxygens (including phenoxy) is 7. The number of esters is 6. The van der Waals surface area contributed by atoms with Gasteiger partial charge in [0.25, 0.3) is 0 Å². The second kappa shape index (κ2) is 27.7. The van der Waals surface area contributed by atoms with Crippen molar-refractivity contribution in [2.24, 2.45) is 11.3 Å². The number of benzene rings is 2.